The lowest BCUT2D eigenvalue weighted by molar-refractivity contribution is 0.0926. The molecule has 0 bridgehead atoms. The van der Waals surface area contributed by atoms with Gasteiger partial charge in [-0.05, 0) is 18.4 Å². The molecule has 0 aliphatic carbocycles. The predicted octanol–water partition coefficient (Wildman–Crippen LogP) is 3.50. The second-order valence-corrected chi connectivity index (χ2v) is 7.61. The van der Waals surface area contributed by atoms with E-state index in [0.29, 0.717) is 31.3 Å². The molecule has 1 fully saturated rings. The molecule has 138 valence electrons. The number of aromatic nitrogens is 1. The van der Waals surface area contributed by atoms with Crippen molar-refractivity contribution in [3.8, 4) is 10.6 Å². The van der Waals surface area contributed by atoms with Crippen molar-refractivity contribution in [1.82, 2.24) is 15.2 Å². The fraction of sp³-hybridized carbons (Fsp3) is 0.421. The summed E-state index contributed by atoms with van der Waals surface area (Å²) in [6.45, 7) is 7.57. The van der Waals surface area contributed by atoms with Crippen LogP contribution >= 0.6 is 11.3 Å². The quantitative estimate of drug-likeness (QED) is 0.841. The van der Waals surface area contributed by atoms with E-state index in [1.807, 2.05) is 19.1 Å². The van der Waals surface area contributed by atoms with Crippen LogP contribution < -0.4 is 5.32 Å². The van der Waals surface area contributed by atoms with E-state index in [9.17, 15) is 9.59 Å². The first-order valence-electron chi connectivity index (χ1n) is 8.72. The minimum atomic E-state index is -0.327. The van der Waals surface area contributed by atoms with Crippen LogP contribution in [0.3, 0.4) is 0 Å². The van der Waals surface area contributed by atoms with Gasteiger partial charge in [-0.15, -0.1) is 11.3 Å². The molecule has 0 radical (unpaired) electrons. The zero-order valence-electron chi connectivity index (χ0n) is 15.2. The van der Waals surface area contributed by atoms with Gasteiger partial charge in [-0.3, -0.25) is 4.79 Å². The summed E-state index contributed by atoms with van der Waals surface area (Å²) in [6, 6.07) is 8.09. The van der Waals surface area contributed by atoms with Gasteiger partial charge in [-0.1, -0.05) is 38.1 Å². The van der Waals surface area contributed by atoms with Crippen molar-refractivity contribution in [2.24, 2.45) is 0 Å². The van der Waals surface area contributed by atoms with Crippen LogP contribution in [-0.2, 0) is 4.74 Å². The van der Waals surface area contributed by atoms with Gasteiger partial charge in [0.15, 0.2) is 0 Å². The minimum absolute atomic E-state index is 0.177. The molecule has 26 heavy (non-hydrogen) atoms. The van der Waals surface area contributed by atoms with Crippen molar-refractivity contribution in [3.63, 3.8) is 0 Å². The number of amides is 2. The van der Waals surface area contributed by atoms with E-state index in [-0.39, 0.29) is 18.0 Å². The summed E-state index contributed by atoms with van der Waals surface area (Å²) in [6.07, 6.45) is -0.327. The molecule has 7 heteroatoms. The zero-order valence-corrected chi connectivity index (χ0v) is 16.0. The van der Waals surface area contributed by atoms with Gasteiger partial charge < -0.3 is 15.0 Å². The molecule has 1 aromatic heterocycles. The lowest BCUT2D eigenvalue weighted by atomic mass is 10.0. The van der Waals surface area contributed by atoms with E-state index in [1.54, 1.807) is 10.3 Å². The monoisotopic (exact) mass is 373 g/mol. The Kier molecular flexibility index (Phi) is 5.56. The third-order valence-corrected chi connectivity index (χ3v) is 5.17. The summed E-state index contributed by atoms with van der Waals surface area (Å²) < 4.78 is 4.89. The van der Waals surface area contributed by atoms with E-state index in [1.165, 1.54) is 16.9 Å². The molecule has 1 aliphatic heterocycles. The van der Waals surface area contributed by atoms with Gasteiger partial charge in [0.1, 0.15) is 17.3 Å². The Labute approximate surface area is 157 Å². The van der Waals surface area contributed by atoms with Gasteiger partial charge in [0.05, 0.1) is 6.54 Å². The number of carbonyl (C=O) groups is 2. The average Bonchev–Trinajstić information content (AvgIpc) is 3.25. The molecule has 0 saturated carbocycles. The minimum Gasteiger partial charge on any atom is -0.448 e. The fourth-order valence-corrected chi connectivity index (χ4v) is 3.59. The van der Waals surface area contributed by atoms with E-state index >= 15 is 0 Å². The van der Waals surface area contributed by atoms with Gasteiger partial charge in [-0.25, -0.2) is 9.78 Å². The summed E-state index contributed by atoms with van der Waals surface area (Å²) in [5, 5.41) is 5.47. The van der Waals surface area contributed by atoms with Crippen molar-refractivity contribution < 1.29 is 14.3 Å². The van der Waals surface area contributed by atoms with Crippen LogP contribution in [0.1, 0.15) is 42.7 Å². The second-order valence-electron chi connectivity index (χ2n) is 6.75. The van der Waals surface area contributed by atoms with E-state index in [4.69, 9.17) is 4.74 Å². The molecule has 3 rings (SSSR count). The van der Waals surface area contributed by atoms with Crippen LogP contribution in [0.5, 0.6) is 0 Å². The average molecular weight is 373 g/mol. The number of nitrogens with zero attached hydrogens (tertiary/aromatic N) is 2. The molecule has 1 N–H and O–H groups in total. The molecular weight excluding hydrogens is 350 g/mol. The third kappa shape index (κ3) is 4.22. The Balaban J connectivity index is 1.61. The van der Waals surface area contributed by atoms with Crippen LogP contribution in [0.25, 0.3) is 10.6 Å². The molecule has 2 heterocycles. The smallest absolute Gasteiger partial charge is 0.410 e. The maximum Gasteiger partial charge on any atom is 0.410 e. The SMILES string of the molecule is CC(C)c1ccc(-c2nc(C(=O)N[C@H](C)CN3CCOC3=O)cs2)cc1. The molecule has 1 aromatic carbocycles. The Morgan fingerprint density at radius 2 is 2.04 bits per heavy atom. The number of hydrogen-bond donors (Lipinski definition) is 1. The van der Waals surface area contributed by atoms with Gasteiger partial charge in [0.2, 0.25) is 0 Å². The van der Waals surface area contributed by atoms with Crippen LogP contribution in [0.2, 0.25) is 0 Å². The van der Waals surface area contributed by atoms with Gasteiger partial charge in [-0.2, -0.15) is 0 Å². The lowest BCUT2D eigenvalue weighted by Crippen LogP contribution is -2.42. The van der Waals surface area contributed by atoms with E-state index in [2.05, 4.69) is 36.3 Å². The summed E-state index contributed by atoms with van der Waals surface area (Å²) in [5.74, 6) is 0.252. The molecule has 1 atom stereocenters. The summed E-state index contributed by atoms with van der Waals surface area (Å²) >= 11 is 1.45. The lowest BCUT2D eigenvalue weighted by Gasteiger charge is -2.19. The predicted molar refractivity (Wildman–Crippen MR) is 101 cm³/mol. The number of thiazole rings is 1. The highest BCUT2D eigenvalue weighted by atomic mass is 32.1. The fourth-order valence-electron chi connectivity index (χ4n) is 2.79. The van der Waals surface area contributed by atoms with Crippen molar-refractivity contribution in [2.45, 2.75) is 32.7 Å². The molecular formula is C19H23N3O3S. The number of ether oxygens (including phenoxy) is 1. The van der Waals surface area contributed by atoms with Crippen LogP contribution in [0, 0.1) is 0 Å². The number of benzene rings is 1. The molecule has 1 saturated heterocycles. The number of rotatable bonds is 6. The van der Waals surface area contributed by atoms with Gasteiger partial charge >= 0.3 is 6.09 Å². The van der Waals surface area contributed by atoms with Crippen LogP contribution in [0.15, 0.2) is 29.6 Å². The highest BCUT2D eigenvalue weighted by Crippen LogP contribution is 2.25. The van der Waals surface area contributed by atoms with Gasteiger partial charge in [0.25, 0.3) is 5.91 Å². The van der Waals surface area contributed by atoms with Crippen molar-refractivity contribution >= 4 is 23.3 Å². The zero-order chi connectivity index (χ0) is 18.7. The molecule has 6 nitrogen and oxygen atoms in total. The maximum atomic E-state index is 12.4. The topological polar surface area (TPSA) is 71.5 Å². The van der Waals surface area contributed by atoms with Crippen molar-refractivity contribution in [2.75, 3.05) is 19.7 Å². The highest BCUT2D eigenvalue weighted by molar-refractivity contribution is 7.13. The molecule has 0 spiro atoms. The largest absolute Gasteiger partial charge is 0.448 e. The number of carbonyl (C=O) groups excluding carboxylic acids is 2. The Hall–Kier alpha value is -2.41. The standard InChI is InChI=1S/C19H23N3O3S/c1-12(2)14-4-6-15(7-5-14)18-21-16(11-26-18)17(23)20-13(3)10-22-8-9-25-19(22)24/h4-7,11-13H,8-10H2,1-3H3,(H,20,23)/t13-/m1/s1. The summed E-state index contributed by atoms with van der Waals surface area (Å²) in [4.78, 5) is 29.9. The maximum absolute atomic E-state index is 12.4. The number of cyclic esters (lactones) is 1. The van der Waals surface area contributed by atoms with Gasteiger partial charge in [0, 0.05) is 23.5 Å². The summed E-state index contributed by atoms with van der Waals surface area (Å²) in [5.41, 5.74) is 2.68. The number of hydrogen-bond acceptors (Lipinski definition) is 5. The second kappa shape index (κ2) is 7.86. The van der Waals surface area contributed by atoms with E-state index in [0.717, 1.165) is 10.6 Å². The highest BCUT2D eigenvalue weighted by Gasteiger charge is 2.24. The molecule has 2 aromatic rings. The Morgan fingerprint density at radius 3 is 2.65 bits per heavy atom. The Morgan fingerprint density at radius 1 is 1.31 bits per heavy atom. The molecule has 0 unspecified atom stereocenters. The first kappa shape index (κ1) is 18.4. The van der Waals surface area contributed by atoms with Crippen molar-refractivity contribution in [1.29, 1.82) is 0 Å². The van der Waals surface area contributed by atoms with E-state index < -0.39 is 0 Å². The first-order valence-corrected chi connectivity index (χ1v) is 9.60. The third-order valence-electron chi connectivity index (χ3n) is 4.28. The normalized spacial score (nSPS) is 15.2. The summed E-state index contributed by atoms with van der Waals surface area (Å²) in [7, 11) is 0. The number of nitrogens with one attached hydrogen (secondary N) is 1. The molecule has 1 aliphatic rings. The first-order chi connectivity index (χ1) is 12.4. The Bertz CT molecular complexity index is 786. The molecule has 2 amide bonds. The van der Waals surface area contributed by atoms with Crippen LogP contribution in [-0.4, -0.2) is 47.6 Å². The van der Waals surface area contributed by atoms with Crippen molar-refractivity contribution in [3.05, 3.63) is 40.9 Å². The van der Waals surface area contributed by atoms with Crippen LogP contribution in [0.4, 0.5) is 4.79 Å².